The Kier molecular flexibility index (Phi) is 6.81. The molecule has 1 aliphatic heterocycles. The molecule has 6 nitrogen and oxygen atoms in total. The molecule has 25 heavy (non-hydrogen) atoms. The molecular weight excluding hydrogens is 347 g/mol. The van der Waals surface area contributed by atoms with Crippen molar-refractivity contribution < 1.29 is 23.5 Å². The predicted octanol–water partition coefficient (Wildman–Crippen LogP) is 2.49. The van der Waals surface area contributed by atoms with Crippen molar-refractivity contribution in [1.29, 1.82) is 0 Å². The second kappa shape index (κ2) is 8.84. The fraction of sp³-hybridized carbons (Fsp3) is 0.471. The van der Waals surface area contributed by atoms with Crippen molar-refractivity contribution >= 4 is 28.9 Å². The largest absolute Gasteiger partial charge is 0.452 e. The molecule has 0 aliphatic carbocycles. The number of hydrogen-bond acceptors (Lipinski definition) is 5. The molecule has 1 fully saturated rings. The summed E-state index contributed by atoms with van der Waals surface area (Å²) in [4.78, 5) is 37.0. The molecule has 0 spiro atoms. The molecular formula is C17H21FN2O4S. The van der Waals surface area contributed by atoms with Crippen molar-refractivity contribution in [1.82, 2.24) is 10.2 Å². The highest BCUT2D eigenvalue weighted by molar-refractivity contribution is 8.13. The van der Waals surface area contributed by atoms with Gasteiger partial charge in [0.15, 0.2) is 6.10 Å². The highest BCUT2D eigenvalue weighted by atomic mass is 32.2. The fourth-order valence-electron chi connectivity index (χ4n) is 2.33. The molecule has 1 aliphatic rings. The lowest BCUT2D eigenvalue weighted by atomic mass is 10.1. The van der Waals surface area contributed by atoms with Gasteiger partial charge >= 0.3 is 5.97 Å². The van der Waals surface area contributed by atoms with Crippen LogP contribution in [0.5, 0.6) is 0 Å². The highest BCUT2D eigenvalue weighted by Gasteiger charge is 2.24. The van der Waals surface area contributed by atoms with Gasteiger partial charge < -0.3 is 15.0 Å². The van der Waals surface area contributed by atoms with E-state index in [1.54, 1.807) is 24.0 Å². The Balaban J connectivity index is 1.76. The first-order valence-electron chi connectivity index (χ1n) is 8.04. The van der Waals surface area contributed by atoms with Crippen LogP contribution >= 0.6 is 11.8 Å². The third-order valence-corrected chi connectivity index (χ3v) is 4.73. The quantitative estimate of drug-likeness (QED) is 0.749. The highest BCUT2D eigenvalue weighted by Crippen LogP contribution is 2.17. The minimum atomic E-state index is -0.945. The number of nitrogens with zero attached hydrogens (tertiary/aromatic N) is 1. The van der Waals surface area contributed by atoms with Gasteiger partial charge in [0.1, 0.15) is 5.82 Å². The molecule has 0 radical (unpaired) electrons. The molecule has 0 aromatic heterocycles. The second-order valence-electron chi connectivity index (χ2n) is 5.77. The lowest BCUT2D eigenvalue weighted by Crippen LogP contribution is -2.37. The number of esters is 1. The summed E-state index contributed by atoms with van der Waals surface area (Å²) in [5.41, 5.74) is 0.748. The van der Waals surface area contributed by atoms with Gasteiger partial charge in [0.05, 0.1) is 12.5 Å². The summed E-state index contributed by atoms with van der Waals surface area (Å²) in [5, 5.41) is 2.68. The maximum Gasteiger partial charge on any atom is 0.308 e. The van der Waals surface area contributed by atoms with E-state index in [9.17, 15) is 18.8 Å². The zero-order chi connectivity index (χ0) is 18.4. The van der Waals surface area contributed by atoms with Crippen LogP contribution in [0.3, 0.4) is 0 Å². The third-order valence-electron chi connectivity index (χ3n) is 3.84. The average molecular weight is 368 g/mol. The zero-order valence-corrected chi connectivity index (χ0v) is 15.0. The number of carbonyl (C=O) groups is 3. The van der Waals surface area contributed by atoms with Crippen LogP contribution < -0.4 is 5.32 Å². The first kappa shape index (κ1) is 19.2. The smallest absolute Gasteiger partial charge is 0.308 e. The summed E-state index contributed by atoms with van der Waals surface area (Å²) in [6.07, 6.45) is -0.892. The topological polar surface area (TPSA) is 75.7 Å². The van der Waals surface area contributed by atoms with Gasteiger partial charge in [0.25, 0.3) is 11.1 Å². The monoisotopic (exact) mass is 368 g/mol. The molecule has 2 unspecified atom stereocenters. The number of thioether (sulfide) groups is 1. The van der Waals surface area contributed by atoms with Crippen LogP contribution in [0.15, 0.2) is 24.3 Å². The summed E-state index contributed by atoms with van der Waals surface area (Å²) in [6, 6.07) is 5.47. The van der Waals surface area contributed by atoms with E-state index in [1.807, 2.05) is 0 Å². The van der Waals surface area contributed by atoms with E-state index in [2.05, 4.69) is 5.32 Å². The molecule has 2 rings (SSSR count). The van der Waals surface area contributed by atoms with Gasteiger partial charge in [-0.25, -0.2) is 4.39 Å². The Morgan fingerprint density at radius 3 is 2.60 bits per heavy atom. The summed E-state index contributed by atoms with van der Waals surface area (Å²) in [6.45, 7) is 4.17. The Morgan fingerprint density at radius 1 is 1.32 bits per heavy atom. The van der Waals surface area contributed by atoms with E-state index in [4.69, 9.17) is 4.74 Å². The van der Waals surface area contributed by atoms with E-state index < -0.39 is 18.0 Å². The summed E-state index contributed by atoms with van der Waals surface area (Å²) < 4.78 is 18.0. The van der Waals surface area contributed by atoms with Crippen LogP contribution in [0, 0.1) is 5.82 Å². The number of benzene rings is 1. The fourth-order valence-corrected chi connectivity index (χ4v) is 3.18. The SMILES string of the molecule is CC(OC(=O)CCN1CCSC1=O)C(=O)NC(C)c1ccc(F)cc1. The maximum absolute atomic E-state index is 12.9. The van der Waals surface area contributed by atoms with E-state index >= 15 is 0 Å². The molecule has 8 heteroatoms. The van der Waals surface area contributed by atoms with Crippen molar-refractivity contribution in [2.45, 2.75) is 32.4 Å². The Bertz CT molecular complexity index is 638. The summed E-state index contributed by atoms with van der Waals surface area (Å²) in [7, 11) is 0. The predicted molar refractivity (Wildman–Crippen MR) is 92.6 cm³/mol. The average Bonchev–Trinajstić information content (AvgIpc) is 2.98. The van der Waals surface area contributed by atoms with Gasteiger partial charge in [-0.2, -0.15) is 0 Å². The second-order valence-corrected chi connectivity index (χ2v) is 6.81. The van der Waals surface area contributed by atoms with Crippen molar-refractivity contribution in [2.75, 3.05) is 18.8 Å². The van der Waals surface area contributed by atoms with Crippen LogP contribution in [0.2, 0.25) is 0 Å². The molecule has 2 atom stereocenters. The van der Waals surface area contributed by atoms with Gasteiger partial charge in [0, 0.05) is 18.8 Å². The molecule has 0 bridgehead atoms. The van der Waals surface area contributed by atoms with Crippen LogP contribution in [0.4, 0.5) is 9.18 Å². The van der Waals surface area contributed by atoms with Crippen molar-refractivity contribution in [3.63, 3.8) is 0 Å². The van der Waals surface area contributed by atoms with Crippen molar-refractivity contribution in [3.05, 3.63) is 35.6 Å². The van der Waals surface area contributed by atoms with Crippen LogP contribution in [-0.4, -0.2) is 47.0 Å². The maximum atomic E-state index is 12.9. The first-order chi connectivity index (χ1) is 11.9. The molecule has 1 aromatic rings. The first-order valence-corrected chi connectivity index (χ1v) is 9.02. The molecule has 1 heterocycles. The number of carbonyl (C=O) groups excluding carboxylic acids is 3. The molecule has 2 amide bonds. The zero-order valence-electron chi connectivity index (χ0n) is 14.2. The number of nitrogens with one attached hydrogen (secondary N) is 1. The Hall–Kier alpha value is -2.09. The summed E-state index contributed by atoms with van der Waals surface area (Å²) >= 11 is 1.23. The van der Waals surface area contributed by atoms with E-state index in [0.717, 1.165) is 11.3 Å². The van der Waals surface area contributed by atoms with Gasteiger partial charge in [-0.05, 0) is 31.5 Å². The molecule has 1 N–H and O–H groups in total. The minimum absolute atomic E-state index is 0.0354. The molecule has 1 aromatic carbocycles. The molecule has 136 valence electrons. The number of ether oxygens (including phenoxy) is 1. The molecule has 0 saturated carbocycles. The Labute approximate surface area is 150 Å². The van der Waals surface area contributed by atoms with E-state index in [1.165, 1.54) is 30.8 Å². The number of hydrogen-bond donors (Lipinski definition) is 1. The standard InChI is InChI=1S/C17H21FN2O4S/c1-11(13-3-5-14(18)6-4-13)19-16(22)12(2)24-15(21)7-8-20-9-10-25-17(20)23/h3-6,11-12H,7-10H2,1-2H3,(H,19,22). The third kappa shape index (κ3) is 5.74. The van der Waals surface area contributed by atoms with Gasteiger partial charge in [-0.3, -0.25) is 14.4 Å². The Morgan fingerprint density at radius 2 is 2.00 bits per heavy atom. The number of amides is 2. The lowest BCUT2D eigenvalue weighted by molar-refractivity contribution is -0.155. The number of rotatable bonds is 7. The van der Waals surface area contributed by atoms with Crippen LogP contribution in [0.25, 0.3) is 0 Å². The van der Waals surface area contributed by atoms with Crippen molar-refractivity contribution in [2.24, 2.45) is 0 Å². The normalized spacial score (nSPS) is 16.4. The van der Waals surface area contributed by atoms with Gasteiger partial charge in [0.2, 0.25) is 0 Å². The summed E-state index contributed by atoms with van der Waals surface area (Å²) in [5.74, 6) is -0.576. The van der Waals surface area contributed by atoms with Crippen LogP contribution in [0.1, 0.15) is 31.9 Å². The molecule has 1 saturated heterocycles. The van der Waals surface area contributed by atoms with E-state index in [-0.39, 0.29) is 23.5 Å². The van der Waals surface area contributed by atoms with Crippen molar-refractivity contribution in [3.8, 4) is 0 Å². The lowest BCUT2D eigenvalue weighted by Gasteiger charge is -2.19. The van der Waals surface area contributed by atoms with E-state index in [0.29, 0.717) is 13.1 Å². The van der Waals surface area contributed by atoms with Crippen LogP contribution in [-0.2, 0) is 14.3 Å². The van der Waals surface area contributed by atoms with Gasteiger partial charge in [-0.15, -0.1) is 0 Å². The minimum Gasteiger partial charge on any atom is -0.452 e. The van der Waals surface area contributed by atoms with Gasteiger partial charge in [-0.1, -0.05) is 23.9 Å². The number of halogens is 1.